The topological polar surface area (TPSA) is 127 Å². The first-order valence-corrected chi connectivity index (χ1v) is 14.1. The van der Waals surface area contributed by atoms with Crippen LogP contribution in [0.3, 0.4) is 0 Å². The van der Waals surface area contributed by atoms with Crippen molar-refractivity contribution in [2.24, 2.45) is 5.92 Å². The molecule has 0 bridgehead atoms. The fourth-order valence-electron chi connectivity index (χ4n) is 4.04. The number of hydrogen-bond donors (Lipinski definition) is 1. The lowest BCUT2D eigenvalue weighted by atomic mass is 10.2. The van der Waals surface area contributed by atoms with Gasteiger partial charge in [-0.3, -0.25) is 14.2 Å². The maximum absolute atomic E-state index is 13.4. The molecule has 1 fully saturated rings. The van der Waals surface area contributed by atoms with Crippen molar-refractivity contribution >= 4 is 41.0 Å². The Balaban J connectivity index is 1.40. The SMILES string of the molecule is CC(C)(C)OC(=O)N(CCCNc1ncc(Cl)n(CC(=O)N(Cc2cccc(Cl)c2)n2cncn2)c1=O)CC1CC1. The van der Waals surface area contributed by atoms with Gasteiger partial charge in [-0.2, -0.15) is 4.79 Å². The number of ether oxygens (including phenoxy) is 1. The number of halogens is 2. The zero-order valence-electron chi connectivity index (χ0n) is 23.3. The Hall–Kier alpha value is -3.64. The number of carbonyl (C=O) groups excluding carboxylic acids is 2. The van der Waals surface area contributed by atoms with E-state index < -0.39 is 17.1 Å². The van der Waals surface area contributed by atoms with Crippen LogP contribution in [0.15, 0.2) is 47.9 Å². The average molecular weight is 606 g/mol. The fourth-order valence-corrected chi connectivity index (χ4v) is 4.43. The molecule has 1 saturated carbocycles. The molecule has 41 heavy (non-hydrogen) atoms. The molecule has 0 unspecified atom stereocenters. The summed E-state index contributed by atoms with van der Waals surface area (Å²) < 4.78 is 6.69. The average Bonchev–Trinajstić information content (AvgIpc) is 3.56. The van der Waals surface area contributed by atoms with Gasteiger partial charge in [-0.1, -0.05) is 35.3 Å². The number of nitrogens with zero attached hydrogens (tertiary/aromatic N) is 7. The molecule has 0 aliphatic heterocycles. The van der Waals surface area contributed by atoms with E-state index in [-0.39, 0.29) is 30.2 Å². The van der Waals surface area contributed by atoms with Gasteiger partial charge in [0.05, 0.1) is 12.7 Å². The maximum Gasteiger partial charge on any atom is 0.410 e. The summed E-state index contributed by atoms with van der Waals surface area (Å²) in [7, 11) is 0. The van der Waals surface area contributed by atoms with Crippen LogP contribution in [0.2, 0.25) is 10.2 Å². The molecule has 220 valence electrons. The second-order valence-electron chi connectivity index (χ2n) is 10.9. The predicted molar refractivity (Wildman–Crippen MR) is 156 cm³/mol. The summed E-state index contributed by atoms with van der Waals surface area (Å²) in [6.45, 7) is 6.80. The van der Waals surface area contributed by atoms with Gasteiger partial charge in [0.15, 0.2) is 5.82 Å². The summed E-state index contributed by atoms with van der Waals surface area (Å²) in [4.78, 5) is 50.3. The number of anilines is 1. The zero-order chi connectivity index (χ0) is 29.6. The third-order valence-corrected chi connectivity index (χ3v) is 6.72. The van der Waals surface area contributed by atoms with Gasteiger partial charge < -0.3 is 15.0 Å². The first-order chi connectivity index (χ1) is 19.5. The Morgan fingerprint density at radius 2 is 2.00 bits per heavy atom. The van der Waals surface area contributed by atoms with Gasteiger partial charge in [0, 0.05) is 24.7 Å². The number of benzene rings is 1. The smallest absolute Gasteiger partial charge is 0.410 e. The van der Waals surface area contributed by atoms with E-state index in [1.165, 1.54) is 28.7 Å². The van der Waals surface area contributed by atoms with E-state index >= 15 is 0 Å². The van der Waals surface area contributed by atoms with Crippen molar-refractivity contribution in [1.82, 2.24) is 29.3 Å². The van der Waals surface area contributed by atoms with Crippen LogP contribution in [0.25, 0.3) is 0 Å². The number of aromatic nitrogens is 5. The molecule has 14 heteroatoms. The maximum atomic E-state index is 13.4. The molecular formula is C27H34Cl2N8O4. The van der Waals surface area contributed by atoms with Crippen LogP contribution in [0.1, 0.15) is 45.6 Å². The van der Waals surface area contributed by atoms with Crippen molar-refractivity contribution in [2.45, 2.75) is 58.7 Å². The quantitative estimate of drug-likeness (QED) is 0.308. The number of amides is 2. The highest BCUT2D eigenvalue weighted by Crippen LogP contribution is 2.30. The van der Waals surface area contributed by atoms with Crippen molar-refractivity contribution in [1.29, 1.82) is 0 Å². The highest BCUT2D eigenvalue weighted by atomic mass is 35.5. The first-order valence-electron chi connectivity index (χ1n) is 13.4. The van der Waals surface area contributed by atoms with E-state index in [2.05, 4.69) is 20.4 Å². The Labute approximate surface area is 248 Å². The van der Waals surface area contributed by atoms with E-state index in [0.717, 1.165) is 23.0 Å². The molecule has 0 saturated heterocycles. The molecule has 0 atom stereocenters. The minimum absolute atomic E-state index is 0.00994. The Morgan fingerprint density at radius 3 is 2.66 bits per heavy atom. The molecule has 1 aliphatic rings. The van der Waals surface area contributed by atoms with Crippen molar-refractivity contribution in [3.63, 3.8) is 0 Å². The molecule has 1 aromatic carbocycles. The fraction of sp³-hybridized carbons (Fsp3) is 0.481. The van der Waals surface area contributed by atoms with Gasteiger partial charge in [-0.15, -0.1) is 5.10 Å². The third kappa shape index (κ3) is 8.92. The van der Waals surface area contributed by atoms with E-state index in [1.54, 1.807) is 23.1 Å². The molecule has 2 heterocycles. The van der Waals surface area contributed by atoms with Crippen LogP contribution in [-0.4, -0.2) is 66.6 Å². The Bertz CT molecular complexity index is 1400. The summed E-state index contributed by atoms with van der Waals surface area (Å²) in [5.74, 6) is 0.106. The predicted octanol–water partition coefficient (Wildman–Crippen LogP) is 3.96. The molecular weight excluding hydrogens is 571 g/mol. The molecule has 0 radical (unpaired) electrons. The number of carbonyl (C=O) groups is 2. The molecule has 2 aromatic heterocycles. The van der Waals surface area contributed by atoms with Gasteiger partial charge >= 0.3 is 6.09 Å². The molecule has 4 rings (SSSR count). The standard InChI is InChI=1S/C27H34Cl2N8O4/c1-27(2,3)41-26(40)34(14-19-8-9-19)11-5-10-31-24-25(39)35(22(29)13-32-24)16-23(38)36(37-18-30-17-33-37)15-20-6-4-7-21(28)12-20/h4,6-7,12-13,17-19H,5,8-11,14-16H2,1-3H3,(H,31,32). The van der Waals surface area contributed by atoms with Gasteiger partial charge in [0.25, 0.3) is 11.5 Å². The van der Waals surface area contributed by atoms with Gasteiger partial charge in [-0.05, 0) is 63.6 Å². The second-order valence-corrected chi connectivity index (χ2v) is 11.7. The van der Waals surface area contributed by atoms with Crippen LogP contribution in [0.5, 0.6) is 0 Å². The molecule has 1 N–H and O–H groups in total. The zero-order valence-corrected chi connectivity index (χ0v) is 24.8. The van der Waals surface area contributed by atoms with Crippen LogP contribution in [0, 0.1) is 5.92 Å². The van der Waals surface area contributed by atoms with Gasteiger partial charge in [-0.25, -0.2) is 19.8 Å². The van der Waals surface area contributed by atoms with Crippen molar-refractivity contribution in [3.8, 4) is 0 Å². The lowest BCUT2D eigenvalue weighted by Gasteiger charge is -2.27. The normalized spacial score (nSPS) is 13.1. The van der Waals surface area contributed by atoms with E-state index in [4.69, 9.17) is 27.9 Å². The molecule has 2 amide bonds. The van der Waals surface area contributed by atoms with E-state index in [1.807, 2.05) is 26.8 Å². The van der Waals surface area contributed by atoms with Crippen molar-refractivity contribution in [3.05, 3.63) is 69.2 Å². The van der Waals surface area contributed by atoms with Crippen LogP contribution >= 0.6 is 23.2 Å². The highest BCUT2D eigenvalue weighted by Gasteiger charge is 2.29. The molecule has 1 aliphatic carbocycles. The minimum atomic E-state index is -0.579. The summed E-state index contributed by atoms with van der Waals surface area (Å²) in [5.41, 5.74) is -0.363. The third-order valence-electron chi connectivity index (χ3n) is 6.19. The van der Waals surface area contributed by atoms with Crippen LogP contribution in [0.4, 0.5) is 10.6 Å². The second kappa shape index (κ2) is 13.3. The summed E-state index contributed by atoms with van der Waals surface area (Å²) in [6.07, 6.45) is 6.45. The summed E-state index contributed by atoms with van der Waals surface area (Å²) >= 11 is 12.4. The lowest BCUT2D eigenvalue weighted by Crippen LogP contribution is -2.44. The largest absolute Gasteiger partial charge is 0.444 e. The number of hydrogen-bond acceptors (Lipinski definition) is 8. The number of nitrogens with one attached hydrogen (secondary N) is 1. The van der Waals surface area contributed by atoms with E-state index in [9.17, 15) is 14.4 Å². The highest BCUT2D eigenvalue weighted by molar-refractivity contribution is 6.30. The first kappa shape index (κ1) is 30.3. The molecule has 12 nitrogen and oxygen atoms in total. The van der Waals surface area contributed by atoms with E-state index in [0.29, 0.717) is 37.0 Å². The monoisotopic (exact) mass is 604 g/mol. The Kier molecular flexibility index (Phi) is 9.87. The summed E-state index contributed by atoms with van der Waals surface area (Å²) in [6, 6.07) is 7.08. The lowest BCUT2D eigenvalue weighted by molar-refractivity contribution is -0.121. The number of rotatable bonds is 12. The minimum Gasteiger partial charge on any atom is -0.444 e. The Morgan fingerprint density at radius 1 is 1.22 bits per heavy atom. The van der Waals surface area contributed by atoms with Gasteiger partial charge in [0.2, 0.25) is 0 Å². The molecule has 0 spiro atoms. The van der Waals surface area contributed by atoms with Crippen molar-refractivity contribution < 1.29 is 14.3 Å². The van der Waals surface area contributed by atoms with Crippen molar-refractivity contribution in [2.75, 3.05) is 30.0 Å². The van der Waals surface area contributed by atoms with Crippen LogP contribution < -0.4 is 15.9 Å². The van der Waals surface area contributed by atoms with Gasteiger partial charge in [0.1, 0.15) is 30.0 Å². The summed E-state index contributed by atoms with van der Waals surface area (Å²) in [5, 5.41) is 8.96. The molecule has 3 aromatic rings. The van der Waals surface area contributed by atoms with Crippen LogP contribution in [-0.2, 0) is 22.6 Å².